The van der Waals surface area contributed by atoms with Gasteiger partial charge >= 0.3 is 0 Å². The third kappa shape index (κ3) is 7.13. The van der Waals surface area contributed by atoms with Crippen molar-refractivity contribution < 1.29 is 9.47 Å². The molecule has 0 saturated heterocycles. The maximum Gasteiger partial charge on any atom is 0.213 e. The van der Waals surface area contributed by atoms with Gasteiger partial charge in [0.25, 0.3) is 0 Å². The summed E-state index contributed by atoms with van der Waals surface area (Å²) in [5.41, 5.74) is 2.18. The number of ether oxygens (including phenoxy) is 2. The summed E-state index contributed by atoms with van der Waals surface area (Å²) in [7, 11) is 0. The minimum atomic E-state index is 0.545. The zero-order chi connectivity index (χ0) is 14.1. The maximum atomic E-state index is 5.63. The van der Waals surface area contributed by atoms with Gasteiger partial charge in [0.05, 0.1) is 6.61 Å². The van der Waals surface area contributed by atoms with E-state index in [1.54, 1.807) is 0 Å². The van der Waals surface area contributed by atoms with E-state index in [1.165, 1.54) is 5.56 Å². The second-order valence-corrected chi connectivity index (χ2v) is 5.05. The molecule has 0 aromatic carbocycles. The fraction of sp³-hybridized carbons (Fsp3) is 0.667. The summed E-state index contributed by atoms with van der Waals surface area (Å²) in [5.74, 6) is 1.24. The molecule has 0 radical (unpaired) electrons. The summed E-state index contributed by atoms with van der Waals surface area (Å²) < 4.78 is 11.1. The predicted molar refractivity (Wildman–Crippen MR) is 77.5 cm³/mol. The Bertz CT molecular complexity index is 367. The first-order valence-corrected chi connectivity index (χ1v) is 7.00. The summed E-state index contributed by atoms with van der Waals surface area (Å²) in [6.45, 7) is 12.1. The average Bonchev–Trinajstić information content (AvgIpc) is 2.35. The van der Waals surface area contributed by atoms with Crippen LogP contribution in [-0.2, 0) is 11.3 Å². The second-order valence-electron chi connectivity index (χ2n) is 5.05. The van der Waals surface area contributed by atoms with Crippen molar-refractivity contribution in [2.75, 3.05) is 26.4 Å². The fourth-order valence-corrected chi connectivity index (χ4v) is 1.68. The zero-order valence-electron chi connectivity index (χ0n) is 12.5. The van der Waals surface area contributed by atoms with Gasteiger partial charge in [0.2, 0.25) is 5.88 Å². The summed E-state index contributed by atoms with van der Waals surface area (Å²) >= 11 is 0. The van der Waals surface area contributed by atoms with Crippen LogP contribution in [0.25, 0.3) is 0 Å². The molecule has 0 fully saturated rings. The highest BCUT2D eigenvalue weighted by molar-refractivity contribution is 5.24. The van der Waals surface area contributed by atoms with Gasteiger partial charge in [0.1, 0.15) is 6.61 Å². The van der Waals surface area contributed by atoms with Crippen LogP contribution < -0.4 is 10.1 Å². The molecule has 1 rings (SSSR count). The van der Waals surface area contributed by atoms with Crippen LogP contribution in [0.2, 0.25) is 0 Å². The molecule has 4 nitrogen and oxygen atoms in total. The van der Waals surface area contributed by atoms with Crippen molar-refractivity contribution in [2.24, 2.45) is 5.92 Å². The quantitative estimate of drug-likeness (QED) is 0.698. The van der Waals surface area contributed by atoms with Crippen LogP contribution in [0.15, 0.2) is 12.1 Å². The van der Waals surface area contributed by atoms with Crippen molar-refractivity contribution in [3.05, 3.63) is 23.4 Å². The van der Waals surface area contributed by atoms with Gasteiger partial charge < -0.3 is 14.8 Å². The molecule has 0 unspecified atom stereocenters. The third-order valence-corrected chi connectivity index (χ3v) is 2.50. The fourth-order valence-electron chi connectivity index (χ4n) is 1.68. The molecular formula is C15H26N2O2. The molecule has 0 aliphatic carbocycles. The van der Waals surface area contributed by atoms with E-state index in [9.17, 15) is 0 Å². The molecule has 1 N–H and O–H groups in total. The Morgan fingerprint density at radius 1 is 1.26 bits per heavy atom. The van der Waals surface area contributed by atoms with Gasteiger partial charge in [-0.25, -0.2) is 4.98 Å². The Morgan fingerprint density at radius 3 is 2.74 bits per heavy atom. The van der Waals surface area contributed by atoms with Crippen LogP contribution in [0.3, 0.4) is 0 Å². The molecule has 0 bridgehead atoms. The van der Waals surface area contributed by atoms with Gasteiger partial charge in [-0.3, -0.25) is 0 Å². The Hall–Kier alpha value is -1.13. The van der Waals surface area contributed by atoms with E-state index in [2.05, 4.69) is 37.1 Å². The number of hydrogen-bond acceptors (Lipinski definition) is 4. The number of hydrogen-bond donors (Lipinski definition) is 1. The molecule has 0 atom stereocenters. The van der Waals surface area contributed by atoms with E-state index < -0.39 is 0 Å². The third-order valence-electron chi connectivity index (χ3n) is 2.50. The van der Waals surface area contributed by atoms with E-state index >= 15 is 0 Å². The Balaban J connectivity index is 2.38. The van der Waals surface area contributed by atoms with Crippen LogP contribution in [-0.4, -0.2) is 31.3 Å². The molecule has 4 heteroatoms. The van der Waals surface area contributed by atoms with Gasteiger partial charge in [-0.05, 0) is 31.0 Å². The van der Waals surface area contributed by atoms with E-state index in [0.29, 0.717) is 25.0 Å². The van der Waals surface area contributed by atoms with E-state index in [1.807, 2.05) is 13.0 Å². The van der Waals surface area contributed by atoms with Crippen molar-refractivity contribution in [3.8, 4) is 5.88 Å². The molecule has 1 aromatic rings. The first-order chi connectivity index (χ1) is 9.11. The minimum absolute atomic E-state index is 0.545. The van der Waals surface area contributed by atoms with Crippen LogP contribution in [0, 0.1) is 12.8 Å². The molecule has 0 aliphatic rings. The van der Waals surface area contributed by atoms with Crippen molar-refractivity contribution >= 4 is 0 Å². The lowest BCUT2D eigenvalue weighted by atomic mass is 10.2. The van der Waals surface area contributed by atoms with E-state index in [-0.39, 0.29) is 0 Å². The van der Waals surface area contributed by atoms with Crippen molar-refractivity contribution in [1.29, 1.82) is 0 Å². The minimum Gasteiger partial charge on any atom is -0.475 e. The Kier molecular flexibility index (Phi) is 7.45. The smallest absolute Gasteiger partial charge is 0.213 e. The summed E-state index contributed by atoms with van der Waals surface area (Å²) in [6, 6.07) is 4.06. The average molecular weight is 266 g/mol. The van der Waals surface area contributed by atoms with Gasteiger partial charge in [-0.1, -0.05) is 20.8 Å². The standard InChI is InChI=1S/C15H26N2O2/c1-5-16-10-14-8-13(4)17-15(9-14)19-7-6-18-11-12(2)3/h8-9,12,16H,5-7,10-11H2,1-4H3. The van der Waals surface area contributed by atoms with Crippen LogP contribution in [0.5, 0.6) is 5.88 Å². The Labute approximate surface area is 116 Å². The van der Waals surface area contributed by atoms with Gasteiger partial charge in [0, 0.05) is 24.9 Å². The number of rotatable bonds is 9. The van der Waals surface area contributed by atoms with Crippen LogP contribution in [0.1, 0.15) is 32.0 Å². The number of aryl methyl sites for hydroxylation is 1. The van der Waals surface area contributed by atoms with Crippen LogP contribution in [0.4, 0.5) is 0 Å². The number of pyridine rings is 1. The topological polar surface area (TPSA) is 43.4 Å². The maximum absolute atomic E-state index is 5.63. The number of nitrogens with one attached hydrogen (secondary N) is 1. The van der Waals surface area contributed by atoms with Gasteiger partial charge in [0.15, 0.2) is 0 Å². The lowest BCUT2D eigenvalue weighted by Crippen LogP contribution is -2.13. The van der Waals surface area contributed by atoms with Gasteiger partial charge in [-0.2, -0.15) is 0 Å². The van der Waals surface area contributed by atoms with Crippen molar-refractivity contribution in [1.82, 2.24) is 10.3 Å². The Morgan fingerprint density at radius 2 is 2.05 bits per heavy atom. The van der Waals surface area contributed by atoms with Crippen molar-refractivity contribution in [3.63, 3.8) is 0 Å². The second kappa shape index (κ2) is 8.88. The monoisotopic (exact) mass is 266 g/mol. The lowest BCUT2D eigenvalue weighted by molar-refractivity contribution is 0.0805. The SMILES string of the molecule is CCNCc1cc(C)nc(OCCOCC(C)C)c1. The highest BCUT2D eigenvalue weighted by Crippen LogP contribution is 2.12. The first-order valence-electron chi connectivity index (χ1n) is 7.00. The molecular weight excluding hydrogens is 240 g/mol. The molecule has 1 aromatic heterocycles. The van der Waals surface area contributed by atoms with E-state index in [0.717, 1.165) is 25.4 Å². The first kappa shape index (κ1) is 15.9. The highest BCUT2D eigenvalue weighted by atomic mass is 16.5. The summed E-state index contributed by atoms with van der Waals surface area (Å²) in [6.07, 6.45) is 0. The number of aromatic nitrogens is 1. The highest BCUT2D eigenvalue weighted by Gasteiger charge is 2.01. The predicted octanol–water partition coefficient (Wildman–Crippen LogP) is 2.55. The molecule has 0 amide bonds. The summed E-state index contributed by atoms with van der Waals surface area (Å²) in [5, 5.41) is 3.30. The normalized spacial score (nSPS) is 11.0. The largest absolute Gasteiger partial charge is 0.475 e. The molecule has 0 aliphatic heterocycles. The molecule has 0 spiro atoms. The summed E-state index contributed by atoms with van der Waals surface area (Å²) in [4.78, 5) is 4.37. The number of nitrogens with zero attached hydrogens (tertiary/aromatic N) is 1. The zero-order valence-corrected chi connectivity index (χ0v) is 12.5. The van der Waals surface area contributed by atoms with Crippen molar-refractivity contribution in [2.45, 2.75) is 34.2 Å². The molecule has 19 heavy (non-hydrogen) atoms. The molecule has 108 valence electrons. The molecule has 0 saturated carbocycles. The van der Waals surface area contributed by atoms with Crippen LogP contribution >= 0.6 is 0 Å². The lowest BCUT2D eigenvalue weighted by Gasteiger charge is -2.10. The van der Waals surface area contributed by atoms with E-state index in [4.69, 9.17) is 9.47 Å². The van der Waals surface area contributed by atoms with Gasteiger partial charge in [-0.15, -0.1) is 0 Å². The molecule has 1 heterocycles.